The second kappa shape index (κ2) is 6.19. The van der Waals surface area contributed by atoms with E-state index in [1.54, 1.807) is 0 Å². The van der Waals surface area contributed by atoms with E-state index in [4.69, 9.17) is 4.74 Å². The number of nitrogens with zero attached hydrogens (tertiary/aromatic N) is 3. The Hall–Kier alpha value is -1.10. The van der Waals surface area contributed by atoms with Gasteiger partial charge in [0.1, 0.15) is 0 Å². The molecule has 4 heteroatoms. The summed E-state index contributed by atoms with van der Waals surface area (Å²) in [6.07, 6.45) is 2.58. The fourth-order valence-electron chi connectivity index (χ4n) is 4.18. The molecule has 0 aliphatic carbocycles. The number of fused-ring (bicyclic) bond motifs is 1. The highest BCUT2D eigenvalue weighted by molar-refractivity contribution is 5.52. The first-order valence-electron chi connectivity index (χ1n) is 8.67. The molecule has 0 radical (unpaired) electrons. The molecule has 0 saturated carbocycles. The zero-order chi connectivity index (χ0) is 14.9. The van der Waals surface area contributed by atoms with Crippen molar-refractivity contribution >= 4 is 5.69 Å². The van der Waals surface area contributed by atoms with Gasteiger partial charge in [-0.3, -0.25) is 9.80 Å². The molecule has 0 spiro atoms. The molecule has 2 saturated heterocycles. The van der Waals surface area contributed by atoms with Gasteiger partial charge in [0, 0.05) is 51.0 Å². The van der Waals surface area contributed by atoms with Crippen LogP contribution < -0.4 is 4.90 Å². The molecule has 0 aromatic heterocycles. The predicted octanol–water partition coefficient (Wildman–Crippen LogP) is 1.93. The van der Waals surface area contributed by atoms with E-state index in [-0.39, 0.29) is 0 Å². The van der Waals surface area contributed by atoms with Crippen LogP contribution in [0.4, 0.5) is 5.69 Å². The molecule has 1 aromatic carbocycles. The minimum Gasteiger partial charge on any atom is -0.379 e. The van der Waals surface area contributed by atoms with E-state index < -0.39 is 0 Å². The molecule has 3 aliphatic rings. The molecule has 4 nitrogen and oxygen atoms in total. The Bertz CT molecular complexity index is 519. The third-order valence-electron chi connectivity index (χ3n) is 5.46. The summed E-state index contributed by atoms with van der Waals surface area (Å²) in [6, 6.07) is 7.85. The van der Waals surface area contributed by atoms with E-state index in [1.807, 2.05) is 0 Å². The van der Waals surface area contributed by atoms with Crippen LogP contribution in [-0.4, -0.2) is 62.3 Å². The van der Waals surface area contributed by atoms with Gasteiger partial charge in [-0.05, 0) is 43.1 Å². The minimum absolute atomic E-state index is 0.765. The molecule has 3 aliphatic heterocycles. The highest BCUT2D eigenvalue weighted by Crippen LogP contribution is 2.29. The van der Waals surface area contributed by atoms with E-state index in [1.165, 1.54) is 42.7 Å². The van der Waals surface area contributed by atoms with Crippen LogP contribution >= 0.6 is 0 Å². The molecule has 2 fully saturated rings. The van der Waals surface area contributed by atoms with E-state index in [0.29, 0.717) is 0 Å². The van der Waals surface area contributed by atoms with Crippen LogP contribution in [0.2, 0.25) is 0 Å². The van der Waals surface area contributed by atoms with Gasteiger partial charge in [0.25, 0.3) is 0 Å². The van der Waals surface area contributed by atoms with Gasteiger partial charge in [0.05, 0.1) is 13.2 Å². The molecule has 0 amide bonds. The summed E-state index contributed by atoms with van der Waals surface area (Å²) in [5, 5.41) is 0. The van der Waals surface area contributed by atoms with E-state index >= 15 is 0 Å². The van der Waals surface area contributed by atoms with E-state index in [2.05, 4.69) is 39.9 Å². The van der Waals surface area contributed by atoms with Gasteiger partial charge in [0.15, 0.2) is 0 Å². The lowest BCUT2D eigenvalue weighted by Crippen LogP contribution is -2.49. The molecule has 0 atom stereocenters. The molecular weight excluding hydrogens is 274 g/mol. The first-order valence-corrected chi connectivity index (χ1v) is 8.67. The number of piperidine rings is 1. The maximum Gasteiger partial charge on any atom is 0.0594 e. The van der Waals surface area contributed by atoms with Gasteiger partial charge in [-0.1, -0.05) is 6.07 Å². The van der Waals surface area contributed by atoms with Gasteiger partial charge in [-0.15, -0.1) is 0 Å². The summed E-state index contributed by atoms with van der Waals surface area (Å²) < 4.78 is 5.48. The van der Waals surface area contributed by atoms with Crippen molar-refractivity contribution in [3.63, 3.8) is 0 Å². The van der Waals surface area contributed by atoms with Crippen LogP contribution in [0.5, 0.6) is 0 Å². The van der Waals surface area contributed by atoms with Crippen molar-refractivity contribution in [2.24, 2.45) is 0 Å². The summed E-state index contributed by atoms with van der Waals surface area (Å²) in [5.41, 5.74) is 4.46. The number of hydrogen-bond donors (Lipinski definition) is 0. The Labute approximate surface area is 133 Å². The van der Waals surface area contributed by atoms with Gasteiger partial charge < -0.3 is 9.64 Å². The highest BCUT2D eigenvalue weighted by Gasteiger charge is 2.26. The predicted molar refractivity (Wildman–Crippen MR) is 89.2 cm³/mol. The molecule has 4 rings (SSSR count). The molecule has 22 heavy (non-hydrogen) atoms. The minimum atomic E-state index is 0.765. The lowest BCUT2D eigenvalue weighted by molar-refractivity contribution is 0.0115. The van der Waals surface area contributed by atoms with Crippen LogP contribution in [0.1, 0.15) is 24.0 Å². The molecule has 0 bridgehead atoms. The summed E-state index contributed by atoms with van der Waals surface area (Å²) in [4.78, 5) is 7.60. The zero-order valence-electron chi connectivity index (χ0n) is 13.6. The van der Waals surface area contributed by atoms with Crippen molar-refractivity contribution in [2.75, 3.05) is 51.3 Å². The van der Waals surface area contributed by atoms with Crippen molar-refractivity contribution < 1.29 is 4.74 Å². The Morgan fingerprint density at radius 3 is 2.45 bits per heavy atom. The van der Waals surface area contributed by atoms with Crippen LogP contribution in [0.3, 0.4) is 0 Å². The molecule has 3 heterocycles. The number of ether oxygens (including phenoxy) is 1. The average molecular weight is 301 g/mol. The Kier molecular flexibility index (Phi) is 4.07. The Morgan fingerprint density at radius 2 is 1.68 bits per heavy atom. The van der Waals surface area contributed by atoms with Crippen LogP contribution in [0.25, 0.3) is 0 Å². The highest BCUT2D eigenvalue weighted by atomic mass is 16.5. The summed E-state index contributed by atoms with van der Waals surface area (Å²) in [5.74, 6) is 0. The third kappa shape index (κ3) is 2.87. The second-order valence-corrected chi connectivity index (χ2v) is 6.99. The number of rotatable bonds is 2. The number of benzene rings is 1. The van der Waals surface area contributed by atoms with Crippen molar-refractivity contribution in [3.8, 4) is 0 Å². The molecule has 1 aromatic rings. The maximum atomic E-state index is 5.48. The normalized spacial score (nSPS) is 24.7. The summed E-state index contributed by atoms with van der Waals surface area (Å²) in [6.45, 7) is 8.66. The second-order valence-electron chi connectivity index (χ2n) is 6.99. The van der Waals surface area contributed by atoms with Crippen molar-refractivity contribution in [1.82, 2.24) is 9.80 Å². The first-order chi connectivity index (χ1) is 10.8. The standard InChI is InChI=1S/C18H27N3O/c1-19-13-15-2-3-18(12-16(15)14-19)20-6-4-17(5-7-20)21-8-10-22-11-9-21/h2-3,12,17H,4-11,13-14H2,1H3. The van der Waals surface area contributed by atoms with Crippen LogP contribution in [0, 0.1) is 0 Å². The van der Waals surface area contributed by atoms with E-state index in [9.17, 15) is 0 Å². The first kappa shape index (κ1) is 14.5. The fourth-order valence-corrected chi connectivity index (χ4v) is 4.18. The number of morpholine rings is 1. The fraction of sp³-hybridized carbons (Fsp3) is 0.667. The van der Waals surface area contributed by atoms with Crippen molar-refractivity contribution in [2.45, 2.75) is 32.0 Å². The molecule has 120 valence electrons. The number of hydrogen-bond acceptors (Lipinski definition) is 4. The largest absolute Gasteiger partial charge is 0.379 e. The lowest BCUT2D eigenvalue weighted by atomic mass is 10.0. The van der Waals surface area contributed by atoms with Crippen LogP contribution in [-0.2, 0) is 17.8 Å². The zero-order valence-corrected chi connectivity index (χ0v) is 13.6. The summed E-state index contributed by atoms with van der Waals surface area (Å²) in [7, 11) is 2.20. The third-order valence-corrected chi connectivity index (χ3v) is 5.46. The van der Waals surface area contributed by atoms with Gasteiger partial charge in [0.2, 0.25) is 0 Å². The maximum absolute atomic E-state index is 5.48. The monoisotopic (exact) mass is 301 g/mol. The lowest BCUT2D eigenvalue weighted by Gasteiger charge is -2.41. The van der Waals surface area contributed by atoms with Gasteiger partial charge in [-0.2, -0.15) is 0 Å². The Morgan fingerprint density at radius 1 is 0.955 bits per heavy atom. The average Bonchev–Trinajstić information content (AvgIpc) is 2.95. The van der Waals surface area contributed by atoms with Crippen molar-refractivity contribution in [1.29, 1.82) is 0 Å². The van der Waals surface area contributed by atoms with Gasteiger partial charge >= 0.3 is 0 Å². The summed E-state index contributed by atoms with van der Waals surface area (Å²) >= 11 is 0. The SMILES string of the molecule is CN1Cc2ccc(N3CCC(N4CCOCC4)CC3)cc2C1. The number of anilines is 1. The molecular formula is C18H27N3O. The Balaban J connectivity index is 1.38. The molecule has 0 unspecified atom stereocenters. The van der Waals surface area contributed by atoms with Crippen molar-refractivity contribution in [3.05, 3.63) is 29.3 Å². The quantitative estimate of drug-likeness (QED) is 0.831. The molecule has 0 N–H and O–H groups in total. The van der Waals surface area contributed by atoms with Crippen LogP contribution in [0.15, 0.2) is 18.2 Å². The smallest absolute Gasteiger partial charge is 0.0594 e. The topological polar surface area (TPSA) is 19.0 Å². The van der Waals surface area contributed by atoms with E-state index in [0.717, 1.165) is 45.4 Å². The van der Waals surface area contributed by atoms with Gasteiger partial charge in [-0.25, -0.2) is 0 Å².